The number of ether oxygens (including phenoxy) is 2. The molecule has 0 bridgehead atoms. The molecule has 0 spiro atoms. The third kappa shape index (κ3) is 6.00. The van der Waals surface area contributed by atoms with Crippen LogP contribution in [-0.4, -0.2) is 32.9 Å². The second-order valence-corrected chi connectivity index (χ2v) is 4.68. The summed E-state index contributed by atoms with van der Waals surface area (Å²) in [4.78, 5) is 0. The van der Waals surface area contributed by atoms with Crippen LogP contribution in [0.25, 0.3) is 0 Å². The first kappa shape index (κ1) is 14.4. The highest BCUT2D eigenvalue weighted by Crippen LogP contribution is 2.20. The van der Waals surface area contributed by atoms with Crippen LogP contribution in [0.4, 0.5) is 4.39 Å². The lowest BCUT2D eigenvalue weighted by molar-refractivity contribution is 0.169. The van der Waals surface area contributed by atoms with Crippen molar-refractivity contribution in [1.82, 2.24) is 5.32 Å². The number of nitrogens with one attached hydrogen (secondary N) is 1. The molecule has 96 valence electrons. The summed E-state index contributed by atoms with van der Waals surface area (Å²) in [6, 6.07) is 4.78. The van der Waals surface area contributed by atoms with Crippen molar-refractivity contribution in [2.75, 3.05) is 26.9 Å². The predicted molar refractivity (Wildman–Crippen MR) is 68.9 cm³/mol. The van der Waals surface area contributed by atoms with Gasteiger partial charge in [0.05, 0.1) is 6.61 Å². The molecule has 17 heavy (non-hydrogen) atoms. The monoisotopic (exact) mass is 305 g/mol. The maximum absolute atomic E-state index is 13.0. The van der Waals surface area contributed by atoms with Crippen molar-refractivity contribution in [3.8, 4) is 5.75 Å². The van der Waals surface area contributed by atoms with Crippen LogP contribution in [0.1, 0.15) is 6.92 Å². The zero-order valence-corrected chi connectivity index (χ0v) is 11.6. The molecule has 1 atom stereocenters. The largest absolute Gasteiger partial charge is 0.492 e. The fraction of sp³-hybridized carbons (Fsp3) is 0.500. The lowest BCUT2D eigenvalue weighted by Crippen LogP contribution is -2.33. The molecule has 1 rings (SSSR count). The molecule has 1 aromatic rings. The Balaban J connectivity index is 2.26. The predicted octanol–water partition coefficient (Wildman–Crippen LogP) is 2.59. The van der Waals surface area contributed by atoms with E-state index in [1.807, 2.05) is 6.92 Å². The molecule has 0 aromatic heterocycles. The maximum atomic E-state index is 13.0. The highest BCUT2D eigenvalue weighted by molar-refractivity contribution is 9.10. The first-order valence-corrected chi connectivity index (χ1v) is 6.22. The van der Waals surface area contributed by atoms with Crippen LogP contribution < -0.4 is 10.1 Å². The van der Waals surface area contributed by atoms with Crippen molar-refractivity contribution in [2.45, 2.75) is 13.0 Å². The topological polar surface area (TPSA) is 30.5 Å². The lowest BCUT2D eigenvalue weighted by Gasteiger charge is -2.13. The van der Waals surface area contributed by atoms with Crippen molar-refractivity contribution in [3.05, 3.63) is 28.5 Å². The Hall–Kier alpha value is -0.650. The van der Waals surface area contributed by atoms with Crippen molar-refractivity contribution in [1.29, 1.82) is 0 Å². The molecule has 5 heteroatoms. The van der Waals surface area contributed by atoms with Crippen LogP contribution in [0, 0.1) is 5.82 Å². The van der Waals surface area contributed by atoms with Gasteiger partial charge in [-0.3, -0.25) is 0 Å². The van der Waals surface area contributed by atoms with E-state index < -0.39 is 0 Å². The average Bonchev–Trinajstić information content (AvgIpc) is 2.23. The highest BCUT2D eigenvalue weighted by atomic mass is 79.9. The summed E-state index contributed by atoms with van der Waals surface area (Å²) in [5.41, 5.74) is 0. The SMILES string of the molecule is COCC(C)NCCOc1cc(F)cc(Br)c1. The molecule has 1 N–H and O–H groups in total. The Bertz CT molecular complexity index is 329. The summed E-state index contributed by atoms with van der Waals surface area (Å²) in [5, 5.41) is 3.23. The molecular weight excluding hydrogens is 289 g/mol. The van der Waals surface area contributed by atoms with Crippen molar-refractivity contribution in [3.63, 3.8) is 0 Å². The van der Waals surface area contributed by atoms with E-state index in [0.29, 0.717) is 30.0 Å². The smallest absolute Gasteiger partial charge is 0.128 e. The number of methoxy groups -OCH3 is 1. The number of halogens is 2. The molecule has 0 heterocycles. The highest BCUT2D eigenvalue weighted by Gasteiger charge is 2.01. The molecule has 1 unspecified atom stereocenters. The molecule has 0 saturated carbocycles. The number of benzene rings is 1. The summed E-state index contributed by atoms with van der Waals surface area (Å²) < 4.78 is 24.1. The summed E-state index contributed by atoms with van der Waals surface area (Å²) in [6.45, 7) is 3.87. The molecular formula is C12H17BrFNO2. The molecule has 1 aromatic carbocycles. The lowest BCUT2D eigenvalue weighted by atomic mass is 10.3. The second kappa shape index (κ2) is 7.63. The zero-order valence-electron chi connectivity index (χ0n) is 10.0. The van der Waals surface area contributed by atoms with Crippen molar-refractivity contribution < 1.29 is 13.9 Å². The molecule has 0 aliphatic carbocycles. The third-order valence-corrected chi connectivity index (χ3v) is 2.57. The third-order valence-electron chi connectivity index (χ3n) is 2.12. The van der Waals surface area contributed by atoms with Gasteiger partial charge >= 0.3 is 0 Å². The van der Waals surface area contributed by atoms with Crippen molar-refractivity contribution in [2.24, 2.45) is 0 Å². The van der Waals surface area contributed by atoms with E-state index in [4.69, 9.17) is 9.47 Å². The van der Waals surface area contributed by atoms with Crippen LogP contribution in [0.5, 0.6) is 5.75 Å². The molecule has 0 fully saturated rings. The van der Waals surface area contributed by atoms with E-state index in [0.717, 1.165) is 0 Å². The Morgan fingerprint density at radius 1 is 1.41 bits per heavy atom. The Kier molecular flexibility index (Phi) is 6.47. The van der Waals surface area contributed by atoms with Gasteiger partial charge in [-0.2, -0.15) is 0 Å². The number of hydrogen-bond acceptors (Lipinski definition) is 3. The van der Waals surface area contributed by atoms with E-state index in [9.17, 15) is 4.39 Å². The minimum Gasteiger partial charge on any atom is -0.492 e. The van der Waals surface area contributed by atoms with E-state index in [2.05, 4.69) is 21.2 Å². The molecule has 0 amide bonds. The Morgan fingerprint density at radius 3 is 2.82 bits per heavy atom. The molecule has 0 radical (unpaired) electrons. The first-order chi connectivity index (χ1) is 8.11. The number of rotatable bonds is 7. The summed E-state index contributed by atoms with van der Waals surface area (Å²) in [7, 11) is 1.67. The minimum atomic E-state index is -0.310. The van der Waals surface area contributed by atoms with Crippen LogP contribution >= 0.6 is 15.9 Å². The van der Waals surface area contributed by atoms with Gasteiger partial charge in [0.1, 0.15) is 18.2 Å². The van der Waals surface area contributed by atoms with Gasteiger partial charge in [-0.1, -0.05) is 15.9 Å². The van der Waals surface area contributed by atoms with Gasteiger partial charge in [0, 0.05) is 30.2 Å². The molecule has 0 aliphatic rings. The van der Waals surface area contributed by atoms with Gasteiger partial charge in [-0.25, -0.2) is 4.39 Å². The molecule has 0 saturated heterocycles. The minimum absolute atomic E-state index is 0.280. The average molecular weight is 306 g/mol. The van der Waals surface area contributed by atoms with Crippen molar-refractivity contribution >= 4 is 15.9 Å². The Morgan fingerprint density at radius 2 is 2.18 bits per heavy atom. The zero-order chi connectivity index (χ0) is 12.7. The van der Waals surface area contributed by atoms with Gasteiger partial charge < -0.3 is 14.8 Å². The van der Waals surface area contributed by atoms with Gasteiger partial charge in [-0.05, 0) is 19.1 Å². The molecule has 0 aliphatic heterocycles. The van der Waals surface area contributed by atoms with Gasteiger partial charge in [0.25, 0.3) is 0 Å². The fourth-order valence-corrected chi connectivity index (χ4v) is 1.84. The quantitative estimate of drug-likeness (QED) is 0.786. The van der Waals surface area contributed by atoms with Gasteiger partial charge in [-0.15, -0.1) is 0 Å². The normalized spacial score (nSPS) is 12.5. The van der Waals surface area contributed by atoms with E-state index in [-0.39, 0.29) is 11.9 Å². The van der Waals surface area contributed by atoms with Crippen LogP contribution in [-0.2, 0) is 4.74 Å². The van der Waals surface area contributed by atoms with Crippen LogP contribution in [0.3, 0.4) is 0 Å². The van der Waals surface area contributed by atoms with Gasteiger partial charge in [0.2, 0.25) is 0 Å². The van der Waals surface area contributed by atoms with Gasteiger partial charge in [0.15, 0.2) is 0 Å². The summed E-state index contributed by atoms with van der Waals surface area (Å²) in [5.74, 6) is 0.216. The van der Waals surface area contributed by atoms with Crippen LogP contribution in [0.15, 0.2) is 22.7 Å². The van der Waals surface area contributed by atoms with E-state index in [1.165, 1.54) is 12.1 Å². The maximum Gasteiger partial charge on any atom is 0.128 e. The standard InChI is InChI=1S/C12H17BrFNO2/c1-9(8-16-2)15-3-4-17-12-6-10(13)5-11(14)7-12/h5-7,9,15H,3-4,8H2,1-2H3. The van der Waals surface area contributed by atoms with Crippen LogP contribution in [0.2, 0.25) is 0 Å². The summed E-state index contributed by atoms with van der Waals surface area (Å²) in [6.07, 6.45) is 0. The van der Waals surface area contributed by atoms with E-state index >= 15 is 0 Å². The summed E-state index contributed by atoms with van der Waals surface area (Å²) >= 11 is 3.21. The Labute approximate surface area is 109 Å². The second-order valence-electron chi connectivity index (χ2n) is 3.76. The van der Waals surface area contributed by atoms with E-state index in [1.54, 1.807) is 13.2 Å². The molecule has 3 nitrogen and oxygen atoms in total. The fourth-order valence-electron chi connectivity index (χ4n) is 1.39. The number of hydrogen-bond donors (Lipinski definition) is 1. The first-order valence-electron chi connectivity index (χ1n) is 5.43.